The first-order valence-electron chi connectivity index (χ1n) is 4.48. The Bertz CT molecular complexity index is 319. The molecule has 78 valence electrons. The predicted molar refractivity (Wildman–Crippen MR) is 56.3 cm³/mol. The standard InChI is InChI=1S/C10H17N3O/c1-10(2)6-8(13(3,11)12)4-5-9(14)7-10/h4-7H,11-12H2,1-3H3/p+1. The van der Waals surface area contributed by atoms with Crippen LogP contribution in [0.1, 0.15) is 13.8 Å². The molecule has 0 aromatic heterocycles. The van der Waals surface area contributed by atoms with Gasteiger partial charge in [-0.3, -0.25) is 0 Å². The van der Waals surface area contributed by atoms with Crippen molar-refractivity contribution in [2.75, 3.05) is 7.05 Å². The van der Waals surface area contributed by atoms with E-state index in [1.807, 2.05) is 19.9 Å². The van der Waals surface area contributed by atoms with Gasteiger partial charge in [-0.1, -0.05) is 13.8 Å². The Labute approximate surface area is 84.3 Å². The van der Waals surface area contributed by atoms with Crippen LogP contribution in [-0.4, -0.2) is 16.9 Å². The minimum atomic E-state index is -0.249. The van der Waals surface area contributed by atoms with Gasteiger partial charge in [-0.2, -0.15) is 11.7 Å². The number of hydrogen-bond donors (Lipinski definition) is 3. The summed E-state index contributed by atoms with van der Waals surface area (Å²) in [7, 11) is 1.68. The van der Waals surface area contributed by atoms with E-state index >= 15 is 0 Å². The second-order valence-corrected chi connectivity index (χ2v) is 4.44. The Balaban J connectivity index is 3.13. The first-order chi connectivity index (χ1) is 6.21. The molecule has 4 nitrogen and oxygen atoms in total. The lowest BCUT2D eigenvalue weighted by Crippen LogP contribution is -2.55. The molecule has 1 aliphatic carbocycles. The molecule has 0 aromatic rings. The molecule has 0 saturated heterocycles. The summed E-state index contributed by atoms with van der Waals surface area (Å²) in [5, 5.41) is 9.46. The van der Waals surface area contributed by atoms with E-state index in [4.69, 9.17) is 11.7 Å². The number of allylic oxidation sites excluding steroid dienone is 4. The van der Waals surface area contributed by atoms with E-state index in [2.05, 4.69) is 0 Å². The fourth-order valence-electron chi connectivity index (χ4n) is 1.37. The molecule has 0 radical (unpaired) electrons. The number of rotatable bonds is 1. The molecule has 0 saturated carbocycles. The molecule has 0 atom stereocenters. The van der Waals surface area contributed by atoms with Gasteiger partial charge in [-0.05, 0) is 18.2 Å². The number of nitrogens with two attached hydrogens (primary N) is 2. The quantitative estimate of drug-likeness (QED) is 0.334. The number of aliphatic hydroxyl groups excluding tert-OH is 1. The van der Waals surface area contributed by atoms with Gasteiger partial charge in [-0.15, -0.1) is 4.70 Å². The molecule has 14 heavy (non-hydrogen) atoms. The lowest BCUT2D eigenvalue weighted by atomic mass is 9.92. The van der Waals surface area contributed by atoms with Crippen molar-refractivity contribution in [2.24, 2.45) is 17.1 Å². The fraction of sp³-hybridized carbons (Fsp3) is 0.400. The molecule has 0 aromatic carbocycles. The van der Waals surface area contributed by atoms with E-state index in [0.717, 1.165) is 5.70 Å². The van der Waals surface area contributed by atoms with Gasteiger partial charge in [0.15, 0.2) is 5.70 Å². The largest absolute Gasteiger partial charge is 0.508 e. The van der Waals surface area contributed by atoms with Crippen molar-refractivity contribution in [1.82, 2.24) is 0 Å². The number of nitrogens with zero attached hydrogens (tertiary/aromatic N) is 1. The van der Waals surface area contributed by atoms with E-state index in [9.17, 15) is 5.11 Å². The highest BCUT2D eigenvalue weighted by Crippen LogP contribution is 2.27. The number of likely N-dealkylation sites (N-methyl/N-ethyl adjacent to an activating group) is 1. The fourth-order valence-corrected chi connectivity index (χ4v) is 1.37. The van der Waals surface area contributed by atoms with Gasteiger partial charge < -0.3 is 5.11 Å². The van der Waals surface area contributed by atoms with Gasteiger partial charge in [0.1, 0.15) is 12.8 Å². The Morgan fingerprint density at radius 3 is 2.29 bits per heavy atom. The SMILES string of the molecule is CC1(C)C=C(O)C=CC([N+](C)(N)N)=C1. The number of aliphatic hydroxyl groups is 1. The molecule has 0 fully saturated rings. The van der Waals surface area contributed by atoms with Crippen LogP contribution in [0.15, 0.2) is 35.8 Å². The summed E-state index contributed by atoms with van der Waals surface area (Å²) in [5.74, 6) is 11.7. The van der Waals surface area contributed by atoms with Crippen molar-refractivity contribution in [1.29, 1.82) is 0 Å². The zero-order valence-electron chi connectivity index (χ0n) is 8.86. The second kappa shape index (κ2) is 3.24. The monoisotopic (exact) mass is 196 g/mol. The van der Waals surface area contributed by atoms with Crippen molar-refractivity contribution in [3.63, 3.8) is 0 Å². The van der Waals surface area contributed by atoms with E-state index in [1.165, 1.54) is 0 Å². The summed E-state index contributed by atoms with van der Waals surface area (Å²) >= 11 is 0. The molecule has 0 unspecified atom stereocenters. The molecular weight excluding hydrogens is 178 g/mol. The third-order valence-corrected chi connectivity index (χ3v) is 2.02. The lowest BCUT2D eigenvalue weighted by molar-refractivity contribution is -0.894. The van der Waals surface area contributed by atoms with Gasteiger partial charge in [0.05, 0.1) is 0 Å². The maximum absolute atomic E-state index is 9.46. The summed E-state index contributed by atoms with van der Waals surface area (Å²) in [6.07, 6.45) is 7.01. The van der Waals surface area contributed by atoms with E-state index in [1.54, 1.807) is 25.3 Å². The van der Waals surface area contributed by atoms with Crippen LogP contribution >= 0.6 is 0 Å². The predicted octanol–water partition coefficient (Wildman–Crippen LogP) is 1.10. The topological polar surface area (TPSA) is 72.3 Å². The second-order valence-electron chi connectivity index (χ2n) is 4.44. The van der Waals surface area contributed by atoms with Crippen molar-refractivity contribution >= 4 is 0 Å². The first kappa shape index (κ1) is 11.0. The van der Waals surface area contributed by atoms with Crippen LogP contribution in [0.25, 0.3) is 0 Å². The number of hydrogen-bond acceptors (Lipinski definition) is 3. The molecule has 0 bridgehead atoms. The molecule has 5 N–H and O–H groups in total. The van der Waals surface area contributed by atoms with Crippen molar-refractivity contribution in [2.45, 2.75) is 13.8 Å². The molecule has 0 heterocycles. The third kappa shape index (κ3) is 2.70. The van der Waals surface area contributed by atoms with Gasteiger partial charge >= 0.3 is 0 Å². The Morgan fingerprint density at radius 1 is 1.21 bits per heavy atom. The van der Waals surface area contributed by atoms with Crippen LogP contribution in [0.4, 0.5) is 0 Å². The molecule has 1 rings (SSSR count). The third-order valence-electron chi connectivity index (χ3n) is 2.02. The highest BCUT2D eigenvalue weighted by Gasteiger charge is 2.24. The molecular formula is C10H18N3O+. The van der Waals surface area contributed by atoms with Crippen molar-refractivity contribution in [3.8, 4) is 0 Å². The average Bonchev–Trinajstić information content (AvgIpc) is 2.05. The van der Waals surface area contributed by atoms with Crippen molar-refractivity contribution in [3.05, 3.63) is 35.8 Å². The highest BCUT2D eigenvalue weighted by molar-refractivity contribution is 5.29. The van der Waals surface area contributed by atoms with E-state index in [0.29, 0.717) is 0 Å². The smallest absolute Gasteiger partial charge is 0.168 e. The van der Waals surface area contributed by atoms with Crippen LogP contribution in [0.2, 0.25) is 0 Å². The zero-order chi connectivity index (χ0) is 11.0. The highest BCUT2D eigenvalue weighted by atomic mass is 16.3. The van der Waals surface area contributed by atoms with Crippen LogP contribution in [-0.2, 0) is 0 Å². The van der Waals surface area contributed by atoms with Crippen molar-refractivity contribution < 1.29 is 9.81 Å². The normalized spacial score (nSPS) is 21.2. The van der Waals surface area contributed by atoms with Gasteiger partial charge in [0.25, 0.3) is 0 Å². The molecule has 4 heteroatoms. The summed E-state index contributed by atoms with van der Waals surface area (Å²) < 4.78 is -0.235. The van der Waals surface area contributed by atoms with Gasteiger partial charge in [-0.25, -0.2) is 0 Å². The zero-order valence-corrected chi connectivity index (χ0v) is 8.86. The lowest BCUT2D eigenvalue weighted by Gasteiger charge is -2.23. The van der Waals surface area contributed by atoms with Crippen LogP contribution < -0.4 is 11.7 Å². The number of quaternary nitrogens is 1. The van der Waals surface area contributed by atoms with Crippen LogP contribution in [0.5, 0.6) is 0 Å². The average molecular weight is 196 g/mol. The van der Waals surface area contributed by atoms with Gasteiger partial charge in [0, 0.05) is 11.5 Å². The summed E-state index contributed by atoms with van der Waals surface area (Å²) in [5.41, 5.74) is 0.511. The molecule has 0 amide bonds. The van der Waals surface area contributed by atoms with Gasteiger partial charge in [0.2, 0.25) is 0 Å². The van der Waals surface area contributed by atoms with E-state index < -0.39 is 0 Å². The maximum atomic E-state index is 9.46. The Morgan fingerprint density at radius 2 is 1.79 bits per heavy atom. The first-order valence-corrected chi connectivity index (χ1v) is 4.48. The molecule has 0 aliphatic heterocycles. The van der Waals surface area contributed by atoms with Crippen LogP contribution in [0.3, 0.4) is 0 Å². The summed E-state index contributed by atoms with van der Waals surface area (Å²) in [4.78, 5) is 0. The molecule has 0 spiro atoms. The maximum Gasteiger partial charge on any atom is 0.168 e. The minimum absolute atomic E-state index is 0.231. The minimum Gasteiger partial charge on any atom is -0.508 e. The summed E-state index contributed by atoms with van der Waals surface area (Å²) in [6, 6.07) is 0. The summed E-state index contributed by atoms with van der Waals surface area (Å²) in [6.45, 7) is 3.96. The van der Waals surface area contributed by atoms with Crippen LogP contribution in [0, 0.1) is 5.41 Å². The Kier molecular flexibility index (Phi) is 2.54. The molecule has 1 aliphatic rings. The van der Waals surface area contributed by atoms with E-state index in [-0.39, 0.29) is 15.9 Å². The Hall–Kier alpha value is -1.10.